The SMILES string of the molecule is COc1ccc(CC(C)NCC(O)c2ccc(O)c(NC=O)c2C(=CC(=O)O)C(=O)O)cc1. The minimum atomic E-state index is -1.61. The smallest absolute Gasteiger partial charge is 0.336 e. The second kappa shape index (κ2) is 11.7. The molecule has 0 aromatic heterocycles. The number of ether oxygens (including phenoxy) is 1. The number of aromatic hydroxyl groups is 1. The molecule has 2 atom stereocenters. The molecule has 6 N–H and O–H groups in total. The van der Waals surface area contributed by atoms with Crippen molar-refractivity contribution in [3.8, 4) is 11.5 Å². The molecule has 0 radical (unpaired) electrons. The number of aliphatic hydroxyl groups is 1. The van der Waals surface area contributed by atoms with Crippen LogP contribution in [-0.2, 0) is 20.8 Å². The fraction of sp³-hybridized carbons (Fsp3) is 0.261. The highest BCUT2D eigenvalue weighted by Gasteiger charge is 2.26. The fourth-order valence-corrected chi connectivity index (χ4v) is 3.36. The third-order valence-corrected chi connectivity index (χ3v) is 4.91. The van der Waals surface area contributed by atoms with Crippen LogP contribution in [0.3, 0.4) is 0 Å². The number of aliphatic carboxylic acids is 2. The zero-order chi connectivity index (χ0) is 24.5. The number of anilines is 1. The predicted molar refractivity (Wildman–Crippen MR) is 120 cm³/mol. The van der Waals surface area contributed by atoms with Crippen LogP contribution >= 0.6 is 0 Å². The molecule has 0 heterocycles. The van der Waals surface area contributed by atoms with E-state index < -0.39 is 29.4 Å². The van der Waals surface area contributed by atoms with Crippen LogP contribution in [0, 0.1) is 0 Å². The Morgan fingerprint density at radius 3 is 2.33 bits per heavy atom. The first-order valence-corrected chi connectivity index (χ1v) is 9.96. The first-order valence-electron chi connectivity index (χ1n) is 9.96. The van der Waals surface area contributed by atoms with Crippen molar-refractivity contribution < 1.29 is 39.5 Å². The molecular weight excluding hydrogens is 432 g/mol. The summed E-state index contributed by atoms with van der Waals surface area (Å²) in [4.78, 5) is 33.9. The number of methoxy groups -OCH3 is 1. The zero-order valence-electron chi connectivity index (χ0n) is 18.1. The first kappa shape index (κ1) is 25.4. The summed E-state index contributed by atoms with van der Waals surface area (Å²) in [6.07, 6.45) is 0.00600. The number of rotatable bonds is 12. The van der Waals surface area contributed by atoms with Crippen LogP contribution in [0.4, 0.5) is 5.69 Å². The molecule has 10 nitrogen and oxygen atoms in total. The van der Waals surface area contributed by atoms with E-state index in [1.54, 1.807) is 7.11 Å². The van der Waals surface area contributed by atoms with Gasteiger partial charge in [0.05, 0.1) is 24.5 Å². The topological polar surface area (TPSA) is 165 Å². The number of hydrogen-bond donors (Lipinski definition) is 6. The molecule has 1 amide bonds. The molecule has 2 aromatic rings. The van der Waals surface area contributed by atoms with Crippen molar-refractivity contribution in [3.05, 3.63) is 59.2 Å². The van der Waals surface area contributed by atoms with Gasteiger partial charge in [0, 0.05) is 24.2 Å². The number of carboxylic acid groups (broad SMARTS) is 2. The van der Waals surface area contributed by atoms with Crippen LogP contribution in [0.5, 0.6) is 11.5 Å². The zero-order valence-corrected chi connectivity index (χ0v) is 18.1. The Labute approximate surface area is 190 Å². The highest BCUT2D eigenvalue weighted by molar-refractivity contribution is 6.22. The number of phenolic OH excluding ortho intramolecular Hbond substituents is 1. The van der Waals surface area contributed by atoms with Gasteiger partial charge in [-0.15, -0.1) is 0 Å². The van der Waals surface area contributed by atoms with E-state index in [0.717, 1.165) is 11.3 Å². The largest absolute Gasteiger partial charge is 0.506 e. The maximum atomic E-state index is 11.8. The van der Waals surface area contributed by atoms with Gasteiger partial charge in [0.25, 0.3) is 0 Å². The van der Waals surface area contributed by atoms with Crippen molar-refractivity contribution in [1.29, 1.82) is 0 Å². The number of benzene rings is 2. The van der Waals surface area contributed by atoms with E-state index in [1.807, 2.05) is 31.2 Å². The van der Waals surface area contributed by atoms with Crippen molar-refractivity contribution in [1.82, 2.24) is 5.32 Å². The number of carboxylic acids is 2. The summed E-state index contributed by atoms with van der Waals surface area (Å²) < 4.78 is 5.13. The van der Waals surface area contributed by atoms with Crippen LogP contribution in [0.1, 0.15) is 29.7 Å². The normalized spacial score (nSPS) is 13.1. The van der Waals surface area contributed by atoms with Crippen LogP contribution < -0.4 is 15.4 Å². The van der Waals surface area contributed by atoms with E-state index in [0.29, 0.717) is 12.5 Å². The molecule has 33 heavy (non-hydrogen) atoms. The maximum Gasteiger partial charge on any atom is 0.336 e. The van der Waals surface area contributed by atoms with E-state index in [2.05, 4.69) is 10.6 Å². The molecule has 0 spiro atoms. The molecule has 0 bridgehead atoms. The number of nitrogens with one attached hydrogen (secondary N) is 2. The lowest BCUT2D eigenvalue weighted by Gasteiger charge is -2.22. The monoisotopic (exact) mass is 458 g/mol. The number of phenols is 1. The van der Waals surface area contributed by atoms with Crippen molar-refractivity contribution in [3.63, 3.8) is 0 Å². The van der Waals surface area contributed by atoms with Crippen LogP contribution in [0.2, 0.25) is 0 Å². The van der Waals surface area contributed by atoms with Crippen molar-refractivity contribution >= 4 is 29.6 Å². The number of hydrogen-bond acceptors (Lipinski definition) is 7. The molecule has 0 aliphatic rings. The lowest BCUT2D eigenvalue weighted by atomic mass is 9.93. The minimum Gasteiger partial charge on any atom is -0.506 e. The fourth-order valence-electron chi connectivity index (χ4n) is 3.36. The van der Waals surface area contributed by atoms with Gasteiger partial charge in [-0.3, -0.25) is 4.79 Å². The van der Waals surface area contributed by atoms with E-state index >= 15 is 0 Å². The first-order chi connectivity index (χ1) is 15.7. The Hall–Kier alpha value is -3.89. The summed E-state index contributed by atoms with van der Waals surface area (Å²) >= 11 is 0. The summed E-state index contributed by atoms with van der Waals surface area (Å²) in [6, 6.07) is 9.88. The van der Waals surface area contributed by atoms with Gasteiger partial charge in [0.1, 0.15) is 11.5 Å². The van der Waals surface area contributed by atoms with E-state index in [-0.39, 0.29) is 35.8 Å². The molecule has 176 valence electrons. The van der Waals surface area contributed by atoms with E-state index in [9.17, 15) is 29.7 Å². The maximum absolute atomic E-state index is 11.8. The Morgan fingerprint density at radius 2 is 1.79 bits per heavy atom. The molecule has 0 saturated carbocycles. The number of carbonyl (C=O) groups excluding carboxylic acids is 1. The molecule has 0 saturated heterocycles. The summed E-state index contributed by atoms with van der Waals surface area (Å²) in [5, 5.41) is 44.9. The molecule has 2 aromatic carbocycles. The quantitative estimate of drug-likeness (QED) is 0.158. The molecule has 0 aliphatic heterocycles. The molecule has 2 rings (SSSR count). The van der Waals surface area contributed by atoms with Crippen molar-refractivity contribution in [2.45, 2.75) is 25.5 Å². The van der Waals surface area contributed by atoms with Crippen LogP contribution in [0.15, 0.2) is 42.5 Å². The molecular formula is C23H26N2O8. The Balaban J connectivity index is 2.30. The van der Waals surface area contributed by atoms with Gasteiger partial charge in [-0.2, -0.15) is 0 Å². The predicted octanol–water partition coefficient (Wildman–Crippen LogP) is 1.78. The van der Waals surface area contributed by atoms with E-state index in [1.165, 1.54) is 12.1 Å². The van der Waals surface area contributed by atoms with Crippen LogP contribution in [-0.4, -0.2) is 58.5 Å². The van der Waals surface area contributed by atoms with Crippen molar-refractivity contribution in [2.24, 2.45) is 0 Å². The molecule has 2 unspecified atom stereocenters. The summed E-state index contributed by atoms with van der Waals surface area (Å²) in [6.45, 7) is 1.90. The lowest BCUT2D eigenvalue weighted by molar-refractivity contribution is -0.133. The van der Waals surface area contributed by atoms with Gasteiger partial charge in [-0.1, -0.05) is 18.2 Å². The lowest BCUT2D eigenvalue weighted by Crippen LogP contribution is -2.32. The van der Waals surface area contributed by atoms with Gasteiger partial charge in [0.15, 0.2) is 0 Å². The second-order valence-corrected chi connectivity index (χ2v) is 7.26. The van der Waals surface area contributed by atoms with Gasteiger partial charge in [0.2, 0.25) is 6.41 Å². The second-order valence-electron chi connectivity index (χ2n) is 7.26. The van der Waals surface area contributed by atoms with Gasteiger partial charge >= 0.3 is 11.9 Å². The highest BCUT2D eigenvalue weighted by Crippen LogP contribution is 2.37. The third kappa shape index (κ3) is 6.79. The standard InChI is InChI=1S/C23H26N2O8/c1-13(9-14-3-5-15(33-2)6-4-14)24-11-19(28)16-7-8-18(27)22(25-12-26)21(16)17(23(31)32)10-20(29)30/h3-8,10,12-13,19,24,27-28H,9,11H2,1-2H3,(H,25,26)(H,29,30)(H,31,32). The number of carbonyl (C=O) groups is 3. The van der Waals surface area contributed by atoms with Crippen LogP contribution in [0.25, 0.3) is 5.57 Å². The average Bonchev–Trinajstić information content (AvgIpc) is 2.77. The molecule has 0 fully saturated rings. The van der Waals surface area contributed by atoms with Crippen molar-refractivity contribution in [2.75, 3.05) is 19.0 Å². The number of amides is 1. The molecule has 0 aliphatic carbocycles. The summed E-state index contributed by atoms with van der Waals surface area (Å²) in [5.74, 6) is -2.89. The van der Waals surface area contributed by atoms with Gasteiger partial charge in [-0.25, -0.2) is 9.59 Å². The minimum absolute atomic E-state index is 0.00437. The van der Waals surface area contributed by atoms with Gasteiger partial charge < -0.3 is 35.8 Å². The number of aliphatic hydroxyl groups excluding tert-OH is 1. The Kier molecular flexibility index (Phi) is 8.96. The van der Waals surface area contributed by atoms with Gasteiger partial charge in [-0.05, 0) is 42.7 Å². The third-order valence-electron chi connectivity index (χ3n) is 4.91. The Bertz CT molecular complexity index is 1030. The Morgan fingerprint density at radius 1 is 1.12 bits per heavy atom. The molecule has 10 heteroatoms. The average molecular weight is 458 g/mol. The highest BCUT2D eigenvalue weighted by atomic mass is 16.5. The van der Waals surface area contributed by atoms with E-state index in [4.69, 9.17) is 9.84 Å². The summed E-state index contributed by atoms with van der Waals surface area (Å²) in [7, 11) is 1.58. The summed E-state index contributed by atoms with van der Waals surface area (Å²) in [5.41, 5.74) is -0.262.